The molecule has 0 aliphatic heterocycles. The molecule has 0 atom stereocenters. The number of nitrogens with one attached hydrogen (secondary N) is 1. The van der Waals surface area contributed by atoms with Crippen molar-refractivity contribution in [2.24, 2.45) is 5.92 Å². The van der Waals surface area contributed by atoms with Crippen molar-refractivity contribution in [2.75, 3.05) is 0 Å². The number of hydrogen-bond donors (Lipinski definition) is 1. The van der Waals surface area contributed by atoms with Gasteiger partial charge in [-0.1, -0.05) is 71.2 Å². The van der Waals surface area contributed by atoms with Crippen LogP contribution in [0.2, 0.25) is 0 Å². The van der Waals surface area contributed by atoms with E-state index in [-0.39, 0.29) is 49.7 Å². The molecular formula is C34H55N3O5S. The fourth-order valence-electron chi connectivity index (χ4n) is 3.47. The number of rotatable bonds is 8. The average Bonchev–Trinajstić information content (AvgIpc) is 3.70. The second-order valence-electron chi connectivity index (χ2n) is 12.0. The van der Waals surface area contributed by atoms with Gasteiger partial charge in [-0.3, -0.25) is 4.79 Å². The van der Waals surface area contributed by atoms with E-state index in [0.717, 1.165) is 36.0 Å². The second-order valence-corrected chi connectivity index (χ2v) is 14.0. The zero-order valence-electron chi connectivity index (χ0n) is 26.0. The van der Waals surface area contributed by atoms with E-state index in [1.165, 1.54) is 5.56 Å². The summed E-state index contributed by atoms with van der Waals surface area (Å²) in [5.41, 5.74) is 3.51. The maximum atomic E-state index is 11.1. The Balaban J connectivity index is 0.000000681. The van der Waals surface area contributed by atoms with Crippen LogP contribution in [0.15, 0.2) is 54.6 Å². The summed E-state index contributed by atoms with van der Waals surface area (Å²) in [5.74, 6) is 0.472. The normalized spacial score (nSPS) is 12.7. The summed E-state index contributed by atoms with van der Waals surface area (Å²) in [7, 11) is -2.94. The molecule has 0 saturated heterocycles. The highest BCUT2D eigenvalue weighted by atomic mass is 32.2. The van der Waals surface area contributed by atoms with E-state index in [9.17, 15) is 13.2 Å². The lowest BCUT2D eigenvalue weighted by molar-refractivity contribution is -0.158. The standard InChI is InChI=1S/C18H18N2O.C8H16O2.C6H13NO2S.2CH4/c1-13(2)21-18-17(12-14-8-4-3-5-9-14)19-15-10-6-7-11-16(15)20-18;1-6(2)7(9)10-8(3,4)5;1-5(2)7-10(8,9)6-3-4-6;;/h3-11,13H,12H2,1-2H3;6H,1-5H3;5-7H,3-4H2,1-2H3;2*1H4. The first-order valence-electron chi connectivity index (χ1n) is 14.3. The van der Waals surface area contributed by atoms with Gasteiger partial charge in [0.05, 0.1) is 28.3 Å². The Bertz CT molecular complexity index is 1350. The van der Waals surface area contributed by atoms with E-state index in [1.54, 1.807) is 0 Å². The molecule has 0 bridgehead atoms. The van der Waals surface area contributed by atoms with Gasteiger partial charge in [0, 0.05) is 12.5 Å². The van der Waals surface area contributed by atoms with Crippen LogP contribution in [0.25, 0.3) is 11.0 Å². The molecule has 8 nitrogen and oxygen atoms in total. The molecule has 1 aliphatic rings. The van der Waals surface area contributed by atoms with Gasteiger partial charge in [0.25, 0.3) is 0 Å². The summed E-state index contributed by atoms with van der Waals surface area (Å²) in [6.07, 6.45) is 2.47. The molecule has 0 amide bonds. The zero-order valence-corrected chi connectivity index (χ0v) is 26.8. The molecule has 1 aliphatic carbocycles. The van der Waals surface area contributed by atoms with Gasteiger partial charge >= 0.3 is 5.97 Å². The molecule has 1 N–H and O–H groups in total. The number of ether oxygens (including phenoxy) is 2. The number of aromatic nitrogens is 2. The number of fused-ring (bicyclic) bond motifs is 1. The summed E-state index contributed by atoms with van der Waals surface area (Å²) in [4.78, 5) is 20.3. The highest BCUT2D eigenvalue weighted by molar-refractivity contribution is 7.90. The minimum atomic E-state index is -2.94. The third kappa shape index (κ3) is 15.3. The molecule has 43 heavy (non-hydrogen) atoms. The summed E-state index contributed by atoms with van der Waals surface area (Å²) in [6.45, 7) is 16.9. The van der Waals surface area contributed by atoms with Crippen LogP contribution in [0.4, 0.5) is 0 Å². The van der Waals surface area contributed by atoms with E-state index < -0.39 is 10.0 Å². The lowest BCUT2D eigenvalue weighted by Crippen LogP contribution is -2.32. The SMILES string of the molecule is C.C.CC(C)C(=O)OC(C)(C)C.CC(C)NS(=O)(=O)C1CC1.CC(C)Oc1nc2ccccc2nc1Cc1ccccc1. The molecule has 0 unspecified atom stereocenters. The summed E-state index contributed by atoms with van der Waals surface area (Å²) in [5, 5.41) is -0.0881. The Morgan fingerprint density at radius 1 is 0.884 bits per heavy atom. The second kappa shape index (κ2) is 17.9. The van der Waals surface area contributed by atoms with Gasteiger partial charge in [-0.15, -0.1) is 0 Å². The van der Waals surface area contributed by atoms with E-state index in [1.807, 2.05) is 105 Å². The van der Waals surface area contributed by atoms with Crippen molar-refractivity contribution in [3.63, 3.8) is 0 Å². The monoisotopic (exact) mass is 617 g/mol. The quantitative estimate of drug-likeness (QED) is 0.258. The van der Waals surface area contributed by atoms with Gasteiger partial charge in [-0.05, 0) is 79.0 Å². The minimum absolute atomic E-state index is 0. The molecule has 2 aromatic carbocycles. The lowest BCUT2D eigenvalue weighted by atomic mass is 10.1. The summed E-state index contributed by atoms with van der Waals surface area (Å²) in [6, 6.07) is 18.2. The Hall–Kier alpha value is -3.04. The molecular weight excluding hydrogens is 562 g/mol. The van der Waals surface area contributed by atoms with Gasteiger partial charge in [0.1, 0.15) is 11.3 Å². The fourth-order valence-corrected chi connectivity index (χ4v) is 5.07. The number of carbonyl (C=O) groups is 1. The van der Waals surface area contributed by atoms with E-state index in [2.05, 4.69) is 21.8 Å². The van der Waals surface area contributed by atoms with Crippen LogP contribution in [0.5, 0.6) is 5.88 Å². The smallest absolute Gasteiger partial charge is 0.308 e. The van der Waals surface area contributed by atoms with Crippen LogP contribution < -0.4 is 9.46 Å². The molecule has 0 spiro atoms. The first-order valence-corrected chi connectivity index (χ1v) is 15.8. The third-order valence-corrected chi connectivity index (χ3v) is 7.56. The number of carbonyl (C=O) groups excluding carboxylic acids is 1. The predicted molar refractivity (Wildman–Crippen MR) is 179 cm³/mol. The molecule has 0 radical (unpaired) electrons. The van der Waals surface area contributed by atoms with Gasteiger partial charge < -0.3 is 9.47 Å². The fraction of sp³-hybridized carbons (Fsp3) is 0.559. The molecule has 242 valence electrons. The summed E-state index contributed by atoms with van der Waals surface area (Å²) >= 11 is 0. The van der Waals surface area contributed by atoms with Crippen LogP contribution >= 0.6 is 0 Å². The zero-order chi connectivity index (χ0) is 30.8. The number of hydrogen-bond acceptors (Lipinski definition) is 7. The van der Waals surface area contributed by atoms with Crippen molar-refractivity contribution in [3.05, 3.63) is 65.9 Å². The number of esters is 1. The van der Waals surface area contributed by atoms with Crippen LogP contribution in [-0.4, -0.2) is 47.4 Å². The highest BCUT2D eigenvalue weighted by Gasteiger charge is 2.35. The van der Waals surface area contributed by atoms with Crippen LogP contribution in [0.1, 0.15) is 101 Å². The number of sulfonamides is 1. The Morgan fingerprint density at radius 2 is 1.40 bits per heavy atom. The molecule has 1 aromatic heterocycles. The van der Waals surface area contributed by atoms with Gasteiger partial charge in [-0.25, -0.2) is 23.1 Å². The Kier molecular flexibility index (Phi) is 16.7. The molecule has 1 fully saturated rings. The Labute approximate surface area is 261 Å². The summed E-state index contributed by atoms with van der Waals surface area (Å²) < 4.78 is 35.6. The average molecular weight is 618 g/mol. The molecule has 1 saturated carbocycles. The van der Waals surface area contributed by atoms with E-state index in [4.69, 9.17) is 14.5 Å². The predicted octanol–water partition coefficient (Wildman–Crippen LogP) is 7.74. The van der Waals surface area contributed by atoms with Crippen molar-refractivity contribution in [3.8, 4) is 5.88 Å². The maximum absolute atomic E-state index is 11.1. The van der Waals surface area contributed by atoms with Gasteiger partial charge in [-0.2, -0.15) is 0 Å². The van der Waals surface area contributed by atoms with Crippen molar-refractivity contribution >= 4 is 27.0 Å². The lowest BCUT2D eigenvalue weighted by Gasteiger charge is -2.20. The van der Waals surface area contributed by atoms with Crippen molar-refractivity contribution < 1.29 is 22.7 Å². The first kappa shape index (κ1) is 40.0. The van der Waals surface area contributed by atoms with Crippen LogP contribution in [0.3, 0.4) is 0 Å². The number of nitrogens with zero attached hydrogens (tertiary/aromatic N) is 2. The van der Waals surface area contributed by atoms with Gasteiger partial charge in [0.15, 0.2) is 0 Å². The molecule has 4 rings (SSSR count). The van der Waals surface area contributed by atoms with Crippen LogP contribution in [0, 0.1) is 5.92 Å². The van der Waals surface area contributed by atoms with Crippen molar-refractivity contribution in [2.45, 2.75) is 119 Å². The molecule has 9 heteroatoms. The minimum Gasteiger partial charge on any atom is -0.474 e. The number of benzene rings is 2. The maximum Gasteiger partial charge on any atom is 0.308 e. The van der Waals surface area contributed by atoms with Crippen molar-refractivity contribution in [1.29, 1.82) is 0 Å². The largest absolute Gasteiger partial charge is 0.474 e. The number of para-hydroxylation sites is 2. The third-order valence-electron chi connectivity index (χ3n) is 5.41. The van der Waals surface area contributed by atoms with Crippen molar-refractivity contribution in [1.82, 2.24) is 14.7 Å². The Morgan fingerprint density at radius 3 is 1.81 bits per heavy atom. The molecule has 3 aromatic rings. The highest BCUT2D eigenvalue weighted by Crippen LogP contribution is 2.27. The van der Waals surface area contributed by atoms with E-state index >= 15 is 0 Å². The molecule has 1 heterocycles. The first-order chi connectivity index (χ1) is 19.1. The van der Waals surface area contributed by atoms with E-state index in [0.29, 0.717) is 5.88 Å². The van der Waals surface area contributed by atoms with Gasteiger partial charge in [0.2, 0.25) is 15.9 Å². The van der Waals surface area contributed by atoms with Crippen LogP contribution in [-0.2, 0) is 26.0 Å². The topological polar surface area (TPSA) is 107 Å².